The summed E-state index contributed by atoms with van der Waals surface area (Å²) in [6.45, 7) is 7.22. The third-order valence-electron chi connectivity index (χ3n) is 5.05. The minimum absolute atomic E-state index is 0. The summed E-state index contributed by atoms with van der Waals surface area (Å²) in [4.78, 5) is 9.79. The van der Waals surface area contributed by atoms with Crippen molar-refractivity contribution in [3.05, 3.63) is 24.0 Å². The highest BCUT2D eigenvalue weighted by atomic mass is 127. The van der Waals surface area contributed by atoms with Crippen molar-refractivity contribution < 1.29 is 0 Å². The van der Waals surface area contributed by atoms with E-state index in [4.69, 9.17) is 4.99 Å². The van der Waals surface area contributed by atoms with Gasteiger partial charge in [0.05, 0.1) is 13.1 Å². The van der Waals surface area contributed by atoms with Gasteiger partial charge in [-0.05, 0) is 50.7 Å². The van der Waals surface area contributed by atoms with Gasteiger partial charge in [0.1, 0.15) is 0 Å². The molecule has 5 nitrogen and oxygen atoms in total. The lowest BCUT2D eigenvalue weighted by atomic mass is 10.3. The highest BCUT2D eigenvalue weighted by Crippen LogP contribution is 2.34. The Labute approximate surface area is 169 Å². The van der Waals surface area contributed by atoms with E-state index in [2.05, 4.69) is 59.0 Å². The minimum Gasteiger partial charge on any atom is -0.357 e. The zero-order valence-electron chi connectivity index (χ0n) is 15.9. The lowest BCUT2D eigenvalue weighted by Gasteiger charge is -2.24. The molecule has 2 saturated carbocycles. The van der Waals surface area contributed by atoms with Crippen LogP contribution in [0.2, 0.25) is 0 Å². The number of nitrogens with one attached hydrogen (secondary N) is 1. The Kier molecular flexibility index (Phi) is 8.06. The van der Waals surface area contributed by atoms with Crippen LogP contribution in [0.3, 0.4) is 0 Å². The summed E-state index contributed by atoms with van der Waals surface area (Å²) in [7, 11) is 4.22. The van der Waals surface area contributed by atoms with Crippen LogP contribution >= 0.6 is 24.0 Å². The number of aryl methyl sites for hydroxylation is 1. The summed E-state index contributed by atoms with van der Waals surface area (Å²) in [6.07, 6.45) is 7.76. The van der Waals surface area contributed by atoms with E-state index in [0.717, 1.165) is 44.1 Å². The predicted octanol–water partition coefficient (Wildman–Crippen LogP) is 2.91. The molecule has 142 valence electrons. The van der Waals surface area contributed by atoms with Crippen LogP contribution in [0, 0.1) is 5.92 Å². The van der Waals surface area contributed by atoms with Gasteiger partial charge in [-0.3, -0.25) is 9.89 Å². The highest BCUT2D eigenvalue weighted by molar-refractivity contribution is 14.0. The van der Waals surface area contributed by atoms with Gasteiger partial charge >= 0.3 is 0 Å². The van der Waals surface area contributed by atoms with E-state index >= 15 is 0 Å². The van der Waals surface area contributed by atoms with Gasteiger partial charge in [0.2, 0.25) is 0 Å². The van der Waals surface area contributed by atoms with Gasteiger partial charge in [0.15, 0.2) is 5.96 Å². The third-order valence-corrected chi connectivity index (χ3v) is 5.05. The van der Waals surface area contributed by atoms with Crippen LogP contribution in [0.15, 0.2) is 23.3 Å². The Hall–Kier alpha value is -0.760. The lowest BCUT2D eigenvalue weighted by Crippen LogP contribution is -2.39. The second-order valence-corrected chi connectivity index (χ2v) is 7.37. The molecule has 1 aromatic heterocycles. The van der Waals surface area contributed by atoms with Crippen LogP contribution in [0.5, 0.6) is 0 Å². The number of aromatic nitrogens is 1. The number of hydrogen-bond donors (Lipinski definition) is 1. The molecule has 0 atom stereocenters. The Morgan fingerprint density at radius 3 is 2.64 bits per heavy atom. The zero-order chi connectivity index (χ0) is 16.9. The van der Waals surface area contributed by atoms with Gasteiger partial charge in [-0.1, -0.05) is 0 Å². The molecular formula is C19H34IN5. The van der Waals surface area contributed by atoms with Gasteiger partial charge < -0.3 is 14.8 Å². The molecular weight excluding hydrogens is 425 g/mol. The van der Waals surface area contributed by atoms with E-state index in [1.54, 1.807) is 0 Å². The van der Waals surface area contributed by atoms with Crippen molar-refractivity contribution in [2.75, 3.05) is 33.2 Å². The topological polar surface area (TPSA) is 35.8 Å². The highest BCUT2D eigenvalue weighted by Gasteiger charge is 2.33. The Balaban J connectivity index is 0.00000225. The van der Waals surface area contributed by atoms with E-state index in [-0.39, 0.29) is 24.0 Å². The first kappa shape index (κ1) is 20.6. The molecule has 0 aliphatic heterocycles. The van der Waals surface area contributed by atoms with Crippen molar-refractivity contribution in [3.8, 4) is 0 Å². The molecule has 0 radical (unpaired) electrons. The van der Waals surface area contributed by atoms with Crippen LogP contribution in [0.25, 0.3) is 0 Å². The third kappa shape index (κ3) is 6.47. The van der Waals surface area contributed by atoms with E-state index in [1.165, 1.54) is 37.9 Å². The van der Waals surface area contributed by atoms with Crippen molar-refractivity contribution in [1.82, 2.24) is 19.7 Å². The molecule has 0 bridgehead atoms. The van der Waals surface area contributed by atoms with Gasteiger partial charge in [-0.2, -0.15) is 0 Å². The maximum absolute atomic E-state index is 4.88. The predicted molar refractivity (Wildman–Crippen MR) is 116 cm³/mol. The average Bonchev–Trinajstić information content (AvgIpc) is 3.46. The number of hydrogen-bond acceptors (Lipinski definition) is 2. The normalized spacial score (nSPS) is 17.5. The van der Waals surface area contributed by atoms with Crippen LogP contribution in [-0.2, 0) is 13.6 Å². The van der Waals surface area contributed by atoms with E-state index < -0.39 is 0 Å². The molecule has 0 amide bonds. The number of guanidine groups is 1. The molecule has 2 aliphatic carbocycles. The van der Waals surface area contributed by atoms with E-state index in [9.17, 15) is 0 Å². The van der Waals surface area contributed by atoms with Crippen LogP contribution in [0.1, 0.15) is 38.3 Å². The minimum atomic E-state index is 0. The second-order valence-electron chi connectivity index (χ2n) is 7.37. The second kappa shape index (κ2) is 9.80. The maximum Gasteiger partial charge on any atom is 0.194 e. The van der Waals surface area contributed by atoms with Crippen LogP contribution in [0.4, 0.5) is 0 Å². The summed E-state index contributed by atoms with van der Waals surface area (Å²) in [6, 6.07) is 5.12. The Morgan fingerprint density at radius 1 is 1.32 bits per heavy atom. The van der Waals surface area contributed by atoms with Crippen molar-refractivity contribution in [2.45, 2.75) is 45.2 Å². The Morgan fingerprint density at radius 2 is 2.08 bits per heavy atom. The lowest BCUT2D eigenvalue weighted by molar-refractivity contribution is 0.259. The monoisotopic (exact) mass is 459 g/mol. The molecule has 1 N–H and O–H groups in total. The summed E-state index contributed by atoms with van der Waals surface area (Å²) >= 11 is 0. The first-order valence-corrected chi connectivity index (χ1v) is 9.51. The zero-order valence-corrected chi connectivity index (χ0v) is 18.3. The van der Waals surface area contributed by atoms with Crippen molar-refractivity contribution in [1.29, 1.82) is 0 Å². The van der Waals surface area contributed by atoms with Gasteiger partial charge in [-0.25, -0.2) is 0 Å². The molecule has 2 aliphatic rings. The average molecular weight is 459 g/mol. The summed E-state index contributed by atoms with van der Waals surface area (Å²) < 4.78 is 2.17. The fourth-order valence-corrected chi connectivity index (χ4v) is 3.23. The smallest absolute Gasteiger partial charge is 0.194 e. The number of nitrogens with zero attached hydrogens (tertiary/aromatic N) is 4. The summed E-state index contributed by atoms with van der Waals surface area (Å²) in [5, 5.41) is 3.43. The Bertz CT molecular complexity index is 548. The largest absolute Gasteiger partial charge is 0.357 e. The van der Waals surface area contributed by atoms with Crippen molar-refractivity contribution in [3.63, 3.8) is 0 Å². The standard InChI is InChI=1S/C19H33N5.HI/c1-4-20-19(23(3)15-18-6-5-12-22(18)2)21-11-13-24(17-9-10-17)14-16-7-8-16;/h5-6,12,16-17H,4,7-11,13-15H2,1-3H3,(H,20,21);1H. The summed E-state index contributed by atoms with van der Waals surface area (Å²) in [5.74, 6) is 1.99. The van der Waals surface area contributed by atoms with E-state index in [0.29, 0.717) is 0 Å². The molecule has 1 aromatic rings. The molecule has 0 unspecified atom stereocenters. The quantitative estimate of drug-likeness (QED) is 0.351. The first-order valence-electron chi connectivity index (χ1n) is 9.51. The van der Waals surface area contributed by atoms with Gasteiger partial charge in [0.25, 0.3) is 0 Å². The SMILES string of the molecule is CCNC(=NCCN(CC1CC1)C1CC1)N(C)Cc1cccn1C.I. The molecule has 6 heteroatoms. The number of halogens is 1. The van der Waals surface area contributed by atoms with Gasteiger partial charge in [0, 0.05) is 51.7 Å². The molecule has 0 saturated heterocycles. The molecule has 3 rings (SSSR count). The van der Waals surface area contributed by atoms with Crippen LogP contribution < -0.4 is 5.32 Å². The molecule has 0 aromatic carbocycles. The molecule has 25 heavy (non-hydrogen) atoms. The molecule has 0 spiro atoms. The maximum atomic E-state index is 4.88. The summed E-state index contributed by atoms with van der Waals surface area (Å²) in [5.41, 5.74) is 1.30. The fourth-order valence-electron chi connectivity index (χ4n) is 3.23. The number of rotatable bonds is 9. The van der Waals surface area contributed by atoms with Gasteiger partial charge in [-0.15, -0.1) is 24.0 Å². The van der Waals surface area contributed by atoms with Crippen LogP contribution in [-0.4, -0.2) is 59.6 Å². The van der Waals surface area contributed by atoms with Crippen molar-refractivity contribution >= 4 is 29.9 Å². The first-order chi connectivity index (χ1) is 11.7. The number of aliphatic imine (C=N–C) groups is 1. The van der Waals surface area contributed by atoms with E-state index in [1.807, 2.05) is 0 Å². The van der Waals surface area contributed by atoms with Crippen molar-refractivity contribution in [2.24, 2.45) is 18.0 Å². The molecule has 1 heterocycles. The fraction of sp³-hybridized carbons (Fsp3) is 0.737. The molecule has 2 fully saturated rings.